The molecule has 0 bridgehead atoms. The van der Waals surface area contributed by atoms with Gasteiger partial charge < -0.3 is 10.5 Å². The third kappa shape index (κ3) is 5.90. The minimum atomic E-state index is -3.49. The molecule has 20 heavy (non-hydrogen) atoms. The molecule has 1 aromatic carbocycles. The Morgan fingerprint density at radius 1 is 1.30 bits per heavy atom. The molecule has 0 spiro atoms. The van der Waals surface area contributed by atoms with E-state index in [1.54, 1.807) is 12.1 Å². The van der Waals surface area contributed by atoms with Crippen molar-refractivity contribution in [2.75, 3.05) is 25.5 Å². The molecular weight excluding hydrogens is 276 g/mol. The molecular formula is C14H24N2O3S. The van der Waals surface area contributed by atoms with Crippen LogP contribution in [0.5, 0.6) is 0 Å². The molecule has 0 heterocycles. The van der Waals surface area contributed by atoms with Crippen molar-refractivity contribution < 1.29 is 13.2 Å². The number of hydrogen-bond acceptors (Lipinski definition) is 4. The molecule has 1 aromatic rings. The summed E-state index contributed by atoms with van der Waals surface area (Å²) in [5.74, 6) is 0.488. The van der Waals surface area contributed by atoms with Crippen LogP contribution in [0.2, 0.25) is 0 Å². The van der Waals surface area contributed by atoms with Crippen LogP contribution in [-0.2, 0) is 14.8 Å². The van der Waals surface area contributed by atoms with E-state index >= 15 is 0 Å². The number of ether oxygens (including phenoxy) is 1. The molecule has 5 nitrogen and oxygen atoms in total. The Hall–Kier alpha value is -1.11. The number of hydrogen-bond donors (Lipinski definition) is 2. The normalized spacial score (nSPS) is 12.0. The average molecular weight is 300 g/mol. The van der Waals surface area contributed by atoms with E-state index in [9.17, 15) is 8.42 Å². The molecule has 114 valence electrons. The van der Waals surface area contributed by atoms with Gasteiger partial charge in [0.1, 0.15) is 0 Å². The summed E-state index contributed by atoms with van der Waals surface area (Å²) in [7, 11) is -3.49. The fraction of sp³-hybridized carbons (Fsp3) is 0.571. The smallest absolute Gasteiger partial charge is 0.240 e. The van der Waals surface area contributed by atoms with E-state index in [2.05, 4.69) is 18.6 Å². The molecule has 0 aliphatic carbocycles. The van der Waals surface area contributed by atoms with Gasteiger partial charge in [0.2, 0.25) is 10.0 Å². The summed E-state index contributed by atoms with van der Waals surface area (Å²) in [6.45, 7) is 7.57. The molecule has 0 amide bonds. The highest BCUT2D eigenvalue weighted by Crippen LogP contribution is 2.15. The number of anilines is 1. The highest BCUT2D eigenvalue weighted by Gasteiger charge is 2.14. The summed E-state index contributed by atoms with van der Waals surface area (Å²) in [5.41, 5.74) is 6.94. The van der Waals surface area contributed by atoms with Gasteiger partial charge in [0.15, 0.2) is 0 Å². The standard InChI is InChI=1S/C14H24N2O3S/c1-11(2)10-19-6-4-5-16-20(17,18)14-8-12(3)7-13(15)9-14/h7-9,11,16H,4-6,10,15H2,1-3H3. The second kappa shape index (κ2) is 7.61. The van der Waals surface area contributed by atoms with Crippen molar-refractivity contribution in [1.82, 2.24) is 4.72 Å². The van der Waals surface area contributed by atoms with Gasteiger partial charge in [0.25, 0.3) is 0 Å². The Balaban J connectivity index is 2.46. The molecule has 0 radical (unpaired) electrons. The number of nitrogens with one attached hydrogen (secondary N) is 1. The van der Waals surface area contributed by atoms with Crippen molar-refractivity contribution in [3.63, 3.8) is 0 Å². The summed E-state index contributed by atoms with van der Waals surface area (Å²) in [6, 6.07) is 4.80. The van der Waals surface area contributed by atoms with Gasteiger partial charge in [-0.1, -0.05) is 13.8 Å². The van der Waals surface area contributed by atoms with Crippen LogP contribution in [0.25, 0.3) is 0 Å². The molecule has 0 aliphatic rings. The molecule has 3 N–H and O–H groups in total. The minimum absolute atomic E-state index is 0.207. The third-order valence-electron chi connectivity index (χ3n) is 2.59. The van der Waals surface area contributed by atoms with E-state index in [-0.39, 0.29) is 4.90 Å². The lowest BCUT2D eigenvalue weighted by Gasteiger charge is -2.09. The fourth-order valence-corrected chi connectivity index (χ4v) is 2.93. The highest BCUT2D eigenvalue weighted by atomic mass is 32.2. The van der Waals surface area contributed by atoms with Crippen molar-refractivity contribution in [1.29, 1.82) is 0 Å². The van der Waals surface area contributed by atoms with Gasteiger partial charge in [0.05, 0.1) is 4.90 Å². The Morgan fingerprint density at radius 2 is 2.00 bits per heavy atom. The molecule has 0 saturated carbocycles. The number of benzene rings is 1. The van der Waals surface area contributed by atoms with Crippen molar-refractivity contribution in [2.24, 2.45) is 5.92 Å². The average Bonchev–Trinajstić information content (AvgIpc) is 2.32. The topological polar surface area (TPSA) is 81.4 Å². The predicted molar refractivity (Wildman–Crippen MR) is 81.1 cm³/mol. The lowest BCUT2D eigenvalue weighted by atomic mass is 10.2. The van der Waals surface area contributed by atoms with E-state index in [0.717, 1.165) is 5.56 Å². The first-order valence-electron chi connectivity index (χ1n) is 6.76. The van der Waals surface area contributed by atoms with Crippen molar-refractivity contribution >= 4 is 15.7 Å². The molecule has 0 aromatic heterocycles. The number of aryl methyl sites for hydroxylation is 1. The number of sulfonamides is 1. The van der Waals surface area contributed by atoms with E-state index in [1.807, 2.05) is 6.92 Å². The Kier molecular flexibility index (Phi) is 6.45. The largest absolute Gasteiger partial charge is 0.399 e. The third-order valence-corrected chi connectivity index (χ3v) is 4.03. The molecule has 0 atom stereocenters. The first kappa shape index (κ1) is 16.9. The quantitative estimate of drug-likeness (QED) is 0.567. The van der Waals surface area contributed by atoms with Gasteiger partial charge in [-0.05, 0) is 43.0 Å². The van der Waals surface area contributed by atoms with Gasteiger partial charge in [-0.15, -0.1) is 0 Å². The van der Waals surface area contributed by atoms with Crippen molar-refractivity contribution in [3.05, 3.63) is 23.8 Å². The summed E-state index contributed by atoms with van der Waals surface area (Å²) in [4.78, 5) is 0.207. The highest BCUT2D eigenvalue weighted by molar-refractivity contribution is 7.89. The number of nitrogen functional groups attached to an aromatic ring is 1. The summed E-state index contributed by atoms with van der Waals surface area (Å²) in [5, 5.41) is 0. The summed E-state index contributed by atoms with van der Waals surface area (Å²) < 4.78 is 32.1. The van der Waals surface area contributed by atoms with Crippen molar-refractivity contribution in [2.45, 2.75) is 32.1 Å². The van der Waals surface area contributed by atoms with Crippen LogP contribution in [-0.4, -0.2) is 28.2 Å². The fourth-order valence-electron chi connectivity index (χ4n) is 1.71. The van der Waals surface area contributed by atoms with Crippen LogP contribution in [0, 0.1) is 12.8 Å². The van der Waals surface area contributed by atoms with Crippen LogP contribution in [0.4, 0.5) is 5.69 Å². The second-order valence-electron chi connectivity index (χ2n) is 5.30. The first-order valence-corrected chi connectivity index (χ1v) is 8.24. The van der Waals surface area contributed by atoms with E-state index in [1.165, 1.54) is 6.07 Å². The number of rotatable bonds is 8. The molecule has 0 aliphatic heterocycles. The maximum atomic E-state index is 12.1. The Labute approximate surface area is 121 Å². The van der Waals surface area contributed by atoms with E-state index < -0.39 is 10.0 Å². The molecule has 1 rings (SSSR count). The van der Waals surface area contributed by atoms with Crippen molar-refractivity contribution in [3.8, 4) is 0 Å². The second-order valence-corrected chi connectivity index (χ2v) is 7.07. The van der Waals surface area contributed by atoms with Crippen LogP contribution >= 0.6 is 0 Å². The summed E-state index contributed by atoms with van der Waals surface area (Å²) >= 11 is 0. The van der Waals surface area contributed by atoms with Gasteiger partial charge in [-0.2, -0.15) is 0 Å². The zero-order valence-corrected chi connectivity index (χ0v) is 13.2. The van der Waals surface area contributed by atoms with Crippen LogP contribution in [0.1, 0.15) is 25.8 Å². The molecule has 0 unspecified atom stereocenters. The van der Waals surface area contributed by atoms with Crippen LogP contribution in [0.3, 0.4) is 0 Å². The maximum Gasteiger partial charge on any atom is 0.240 e. The SMILES string of the molecule is Cc1cc(N)cc(S(=O)(=O)NCCCOCC(C)C)c1. The predicted octanol–water partition coefficient (Wildman–Crippen LogP) is 1.92. The zero-order chi connectivity index (χ0) is 15.2. The van der Waals surface area contributed by atoms with Crippen LogP contribution in [0.15, 0.2) is 23.1 Å². The first-order chi connectivity index (χ1) is 9.31. The van der Waals surface area contributed by atoms with Gasteiger partial charge >= 0.3 is 0 Å². The number of nitrogens with two attached hydrogens (primary N) is 1. The van der Waals surface area contributed by atoms with Crippen LogP contribution < -0.4 is 10.5 Å². The van der Waals surface area contributed by atoms with E-state index in [0.29, 0.717) is 37.8 Å². The Morgan fingerprint density at radius 3 is 2.60 bits per heavy atom. The zero-order valence-electron chi connectivity index (χ0n) is 12.3. The minimum Gasteiger partial charge on any atom is -0.399 e. The van der Waals surface area contributed by atoms with E-state index in [4.69, 9.17) is 10.5 Å². The maximum absolute atomic E-state index is 12.1. The molecule has 6 heteroatoms. The molecule has 0 fully saturated rings. The Bertz CT molecular complexity index is 507. The lowest BCUT2D eigenvalue weighted by molar-refractivity contribution is 0.108. The van der Waals surface area contributed by atoms with Gasteiger partial charge in [-0.25, -0.2) is 13.1 Å². The van der Waals surface area contributed by atoms with Gasteiger partial charge in [-0.3, -0.25) is 0 Å². The summed E-state index contributed by atoms with van der Waals surface area (Å²) in [6.07, 6.45) is 0.646. The monoisotopic (exact) mass is 300 g/mol. The lowest BCUT2D eigenvalue weighted by Crippen LogP contribution is -2.26. The van der Waals surface area contributed by atoms with Gasteiger partial charge in [0, 0.05) is 25.4 Å². The molecule has 0 saturated heterocycles.